The SMILES string of the molecule is COC(=O)c1cc(-c2cccc(Cl)c2)n(-n2c(C(=O)OC)cc3ccccc32)c1C. The number of hydrogen-bond donors (Lipinski definition) is 0. The van der Waals surface area contributed by atoms with E-state index >= 15 is 0 Å². The molecular formula is C23H19ClN2O4. The van der Waals surface area contributed by atoms with E-state index in [0.717, 1.165) is 16.5 Å². The van der Waals surface area contributed by atoms with Gasteiger partial charge in [0.25, 0.3) is 0 Å². The topological polar surface area (TPSA) is 62.5 Å². The van der Waals surface area contributed by atoms with Crippen LogP contribution in [0.2, 0.25) is 5.02 Å². The molecule has 0 unspecified atom stereocenters. The van der Waals surface area contributed by atoms with E-state index in [0.29, 0.717) is 27.7 Å². The summed E-state index contributed by atoms with van der Waals surface area (Å²) in [4.78, 5) is 25.1. The molecule has 0 atom stereocenters. The number of carbonyl (C=O) groups excluding carboxylic acids is 2. The van der Waals surface area contributed by atoms with E-state index < -0.39 is 11.9 Å². The zero-order chi connectivity index (χ0) is 21.4. The van der Waals surface area contributed by atoms with Crippen LogP contribution in [0.25, 0.3) is 22.2 Å². The Bertz CT molecular complexity index is 1290. The first kappa shape index (κ1) is 19.8. The van der Waals surface area contributed by atoms with Crippen LogP contribution in [0.4, 0.5) is 0 Å². The molecule has 0 bridgehead atoms. The van der Waals surface area contributed by atoms with Crippen LogP contribution in [0.3, 0.4) is 0 Å². The van der Waals surface area contributed by atoms with Crippen molar-refractivity contribution in [2.75, 3.05) is 14.2 Å². The molecule has 0 aliphatic carbocycles. The van der Waals surface area contributed by atoms with Gasteiger partial charge in [-0.2, -0.15) is 0 Å². The van der Waals surface area contributed by atoms with E-state index in [2.05, 4.69) is 0 Å². The van der Waals surface area contributed by atoms with Gasteiger partial charge in [-0.05, 0) is 37.3 Å². The Kier molecular flexibility index (Phi) is 5.10. The van der Waals surface area contributed by atoms with Crippen LogP contribution < -0.4 is 0 Å². The Morgan fingerprint density at radius 3 is 2.30 bits per heavy atom. The quantitative estimate of drug-likeness (QED) is 0.436. The molecule has 0 amide bonds. The molecule has 0 radical (unpaired) electrons. The normalized spacial score (nSPS) is 10.9. The minimum Gasteiger partial charge on any atom is -0.465 e. The summed E-state index contributed by atoms with van der Waals surface area (Å²) in [5.74, 6) is -0.957. The minimum absolute atomic E-state index is 0.331. The Morgan fingerprint density at radius 1 is 0.867 bits per heavy atom. The molecule has 4 rings (SSSR count). The summed E-state index contributed by atoms with van der Waals surface area (Å²) in [7, 11) is 2.67. The van der Waals surface area contributed by atoms with Crippen molar-refractivity contribution in [3.8, 4) is 11.3 Å². The molecular weight excluding hydrogens is 404 g/mol. The fraction of sp³-hybridized carbons (Fsp3) is 0.130. The smallest absolute Gasteiger partial charge is 0.356 e. The van der Waals surface area contributed by atoms with Crippen LogP contribution in [-0.4, -0.2) is 35.5 Å². The van der Waals surface area contributed by atoms with Gasteiger partial charge in [0.2, 0.25) is 0 Å². The third-order valence-electron chi connectivity index (χ3n) is 5.02. The Labute approximate surface area is 178 Å². The average Bonchev–Trinajstić information content (AvgIpc) is 3.30. The molecule has 0 N–H and O–H groups in total. The molecule has 2 aromatic heterocycles. The van der Waals surface area contributed by atoms with E-state index in [4.69, 9.17) is 21.1 Å². The molecule has 7 heteroatoms. The van der Waals surface area contributed by atoms with Gasteiger partial charge in [-0.1, -0.05) is 41.9 Å². The highest BCUT2D eigenvalue weighted by Crippen LogP contribution is 2.31. The van der Waals surface area contributed by atoms with Gasteiger partial charge < -0.3 is 9.47 Å². The zero-order valence-corrected chi connectivity index (χ0v) is 17.4. The van der Waals surface area contributed by atoms with Crippen LogP contribution in [-0.2, 0) is 9.47 Å². The van der Waals surface area contributed by atoms with Gasteiger partial charge in [-0.15, -0.1) is 0 Å². The molecule has 0 aliphatic rings. The molecule has 2 aromatic carbocycles. The second-order valence-electron chi connectivity index (χ2n) is 6.73. The summed E-state index contributed by atoms with van der Waals surface area (Å²) in [6, 6.07) is 18.4. The Hall–Kier alpha value is -3.51. The second-order valence-corrected chi connectivity index (χ2v) is 7.17. The summed E-state index contributed by atoms with van der Waals surface area (Å²) >= 11 is 6.23. The van der Waals surface area contributed by atoms with Crippen LogP contribution in [0, 0.1) is 6.92 Å². The number of esters is 2. The third kappa shape index (κ3) is 3.15. The molecule has 0 aliphatic heterocycles. The van der Waals surface area contributed by atoms with Gasteiger partial charge in [0.1, 0.15) is 5.69 Å². The van der Waals surface area contributed by atoms with E-state index in [1.807, 2.05) is 41.1 Å². The molecule has 2 heterocycles. The summed E-state index contributed by atoms with van der Waals surface area (Å²) in [6.07, 6.45) is 0. The summed E-state index contributed by atoms with van der Waals surface area (Å²) in [5.41, 5.74) is 3.59. The van der Waals surface area contributed by atoms with Crippen molar-refractivity contribution >= 4 is 34.4 Å². The first-order valence-corrected chi connectivity index (χ1v) is 9.60. The van der Waals surface area contributed by atoms with Crippen LogP contribution in [0.1, 0.15) is 26.5 Å². The predicted octanol–water partition coefficient (Wildman–Crippen LogP) is 4.96. The Balaban J connectivity index is 2.12. The first-order chi connectivity index (χ1) is 14.5. The minimum atomic E-state index is -0.490. The van der Waals surface area contributed by atoms with Crippen molar-refractivity contribution in [3.63, 3.8) is 0 Å². The number of nitrogens with zero attached hydrogens (tertiary/aromatic N) is 2. The van der Waals surface area contributed by atoms with Gasteiger partial charge >= 0.3 is 11.9 Å². The lowest BCUT2D eigenvalue weighted by molar-refractivity contribution is 0.0585. The van der Waals surface area contributed by atoms with E-state index in [-0.39, 0.29) is 0 Å². The largest absolute Gasteiger partial charge is 0.465 e. The number of fused-ring (bicyclic) bond motifs is 1. The van der Waals surface area contributed by atoms with Gasteiger partial charge in [-0.3, -0.25) is 4.68 Å². The summed E-state index contributed by atoms with van der Waals surface area (Å²) in [5, 5.41) is 1.42. The zero-order valence-electron chi connectivity index (χ0n) is 16.7. The molecule has 30 heavy (non-hydrogen) atoms. The molecule has 152 valence electrons. The number of hydrogen-bond acceptors (Lipinski definition) is 4. The first-order valence-electron chi connectivity index (χ1n) is 9.22. The van der Waals surface area contributed by atoms with Gasteiger partial charge in [0, 0.05) is 16.0 Å². The monoisotopic (exact) mass is 422 g/mol. The summed E-state index contributed by atoms with van der Waals surface area (Å²) < 4.78 is 13.6. The molecule has 6 nitrogen and oxygen atoms in total. The number of benzene rings is 2. The lowest BCUT2D eigenvalue weighted by atomic mass is 10.1. The van der Waals surface area contributed by atoms with Crippen molar-refractivity contribution in [3.05, 3.63) is 82.6 Å². The van der Waals surface area contributed by atoms with Gasteiger partial charge in [0.05, 0.1) is 36.7 Å². The van der Waals surface area contributed by atoms with Crippen molar-refractivity contribution in [1.29, 1.82) is 0 Å². The lowest BCUT2D eigenvalue weighted by Crippen LogP contribution is -2.19. The number of aromatic nitrogens is 2. The van der Waals surface area contributed by atoms with Crippen molar-refractivity contribution < 1.29 is 19.1 Å². The van der Waals surface area contributed by atoms with Crippen molar-refractivity contribution in [2.45, 2.75) is 6.92 Å². The van der Waals surface area contributed by atoms with E-state index in [1.165, 1.54) is 14.2 Å². The van der Waals surface area contributed by atoms with E-state index in [9.17, 15) is 9.59 Å². The summed E-state index contributed by atoms with van der Waals surface area (Å²) in [6.45, 7) is 1.80. The highest BCUT2D eigenvalue weighted by molar-refractivity contribution is 6.30. The van der Waals surface area contributed by atoms with Gasteiger partial charge in [0.15, 0.2) is 0 Å². The predicted molar refractivity (Wildman–Crippen MR) is 115 cm³/mol. The highest BCUT2D eigenvalue weighted by atomic mass is 35.5. The maximum absolute atomic E-state index is 12.6. The van der Waals surface area contributed by atoms with Crippen LogP contribution in [0.5, 0.6) is 0 Å². The van der Waals surface area contributed by atoms with Crippen molar-refractivity contribution in [1.82, 2.24) is 9.35 Å². The number of para-hydroxylation sites is 1. The molecule has 0 fully saturated rings. The number of rotatable bonds is 4. The highest BCUT2D eigenvalue weighted by Gasteiger charge is 2.25. The lowest BCUT2D eigenvalue weighted by Gasteiger charge is -2.17. The number of halogens is 1. The van der Waals surface area contributed by atoms with Crippen LogP contribution >= 0.6 is 11.6 Å². The average molecular weight is 423 g/mol. The fourth-order valence-corrected chi connectivity index (χ4v) is 3.82. The van der Waals surface area contributed by atoms with Crippen molar-refractivity contribution in [2.24, 2.45) is 0 Å². The standard InChI is InChI=1S/C23H19ClN2O4/c1-14-18(22(27)29-2)13-20(15-8-6-9-17(24)11-15)25(14)26-19-10-5-4-7-16(19)12-21(26)23(28)30-3/h4-13H,1-3H3. The molecule has 0 spiro atoms. The number of carbonyl (C=O) groups is 2. The Morgan fingerprint density at radius 2 is 1.60 bits per heavy atom. The number of ether oxygens (including phenoxy) is 2. The molecule has 4 aromatic rings. The molecule has 0 saturated carbocycles. The van der Waals surface area contributed by atoms with Gasteiger partial charge in [-0.25, -0.2) is 14.3 Å². The maximum Gasteiger partial charge on any atom is 0.356 e. The fourth-order valence-electron chi connectivity index (χ4n) is 3.63. The maximum atomic E-state index is 12.6. The third-order valence-corrected chi connectivity index (χ3v) is 5.26. The number of methoxy groups -OCH3 is 2. The van der Waals surface area contributed by atoms with E-state index in [1.54, 1.807) is 35.9 Å². The van der Waals surface area contributed by atoms with Crippen LogP contribution in [0.15, 0.2) is 60.7 Å². The second kappa shape index (κ2) is 7.72. The molecule has 0 saturated heterocycles.